The summed E-state index contributed by atoms with van der Waals surface area (Å²) in [6.45, 7) is 2.07. The van der Waals surface area contributed by atoms with Crippen molar-refractivity contribution in [2.24, 2.45) is 5.92 Å². The van der Waals surface area contributed by atoms with Gasteiger partial charge in [-0.1, -0.05) is 23.7 Å². The molecule has 9 heteroatoms. The number of halogens is 1. The fourth-order valence-corrected chi connectivity index (χ4v) is 3.33. The summed E-state index contributed by atoms with van der Waals surface area (Å²) >= 11 is 6.39. The summed E-state index contributed by atoms with van der Waals surface area (Å²) in [4.78, 5) is 13.4. The van der Waals surface area contributed by atoms with Crippen LogP contribution in [0, 0.1) is 12.8 Å². The van der Waals surface area contributed by atoms with E-state index in [2.05, 4.69) is 20.6 Å². The highest BCUT2D eigenvalue weighted by molar-refractivity contribution is 6.33. The van der Waals surface area contributed by atoms with Crippen LogP contribution in [0.2, 0.25) is 5.02 Å². The number of anilines is 3. The van der Waals surface area contributed by atoms with Gasteiger partial charge in [-0.15, -0.1) is 0 Å². The van der Waals surface area contributed by atoms with Crippen LogP contribution in [-0.4, -0.2) is 49.3 Å². The first-order chi connectivity index (χ1) is 14.1. The molecule has 29 heavy (non-hydrogen) atoms. The number of hydrogen-bond donors (Lipinski definition) is 4. The average molecular weight is 413 g/mol. The largest absolute Gasteiger partial charge is 0.396 e. The monoisotopic (exact) mass is 412 g/mol. The first-order valence-electron chi connectivity index (χ1n) is 9.20. The molecule has 4 rings (SSSR count). The van der Waals surface area contributed by atoms with Crippen LogP contribution >= 0.6 is 11.6 Å². The molecule has 0 aliphatic rings. The zero-order valence-corrected chi connectivity index (χ0v) is 16.6. The number of aromatic nitrogens is 4. The van der Waals surface area contributed by atoms with Gasteiger partial charge in [0.05, 0.1) is 34.3 Å². The van der Waals surface area contributed by atoms with Gasteiger partial charge in [0.2, 0.25) is 0 Å². The lowest BCUT2D eigenvalue weighted by atomic mass is 10.1. The molecule has 0 atom stereocenters. The molecule has 0 unspecified atom stereocenters. The Bertz CT molecular complexity index is 1140. The molecule has 1 aromatic carbocycles. The Morgan fingerprint density at radius 2 is 2.03 bits per heavy atom. The molecule has 0 aliphatic carbocycles. The molecule has 3 aromatic heterocycles. The number of para-hydroxylation sites is 1. The van der Waals surface area contributed by atoms with Crippen molar-refractivity contribution in [3.63, 3.8) is 0 Å². The van der Waals surface area contributed by atoms with Crippen LogP contribution in [0.4, 0.5) is 17.2 Å². The molecule has 0 amide bonds. The van der Waals surface area contributed by atoms with Crippen molar-refractivity contribution in [3.8, 4) is 0 Å². The van der Waals surface area contributed by atoms with E-state index in [4.69, 9.17) is 16.6 Å². The van der Waals surface area contributed by atoms with Crippen molar-refractivity contribution in [1.29, 1.82) is 0 Å². The summed E-state index contributed by atoms with van der Waals surface area (Å²) in [6.07, 6.45) is 5.14. The smallest absolute Gasteiger partial charge is 0.166 e. The number of aryl methyl sites for hydroxylation is 1. The minimum atomic E-state index is -0.301. The van der Waals surface area contributed by atoms with Gasteiger partial charge < -0.3 is 20.8 Å². The number of aliphatic hydroxyl groups is 2. The van der Waals surface area contributed by atoms with Crippen molar-refractivity contribution < 1.29 is 10.2 Å². The summed E-state index contributed by atoms with van der Waals surface area (Å²) in [6, 6.07) is 7.57. The van der Waals surface area contributed by atoms with Gasteiger partial charge in [-0.2, -0.15) is 0 Å². The Morgan fingerprint density at radius 1 is 1.21 bits per heavy atom. The van der Waals surface area contributed by atoms with Crippen molar-refractivity contribution in [2.45, 2.75) is 6.92 Å². The van der Waals surface area contributed by atoms with E-state index in [1.54, 1.807) is 18.7 Å². The molecule has 0 aliphatic heterocycles. The molecule has 0 bridgehead atoms. The first kappa shape index (κ1) is 19.4. The number of imidazole rings is 1. The molecular formula is C20H21ClN6O2. The summed E-state index contributed by atoms with van der Waals surface area (Å²) in [5.74, 6) is 0.260. The summed E-state index contributed by atoms with van der Waals surface area (Å²) < 4.78 is 1.85. The highest BCUT2D eigenvalue weighted by Crippen LogP contribution is 2.33. The molecule has 0 saturated heterocycles. The second-order valence-corrected chi connectivity index (χ2v) is 7.25. The third-order valence-electron chi connectivity index (χ3n) is 4.77. The molecule has 0 spiro atoms. The molecule has 0 radical (unpaired) electrons. The highest BCUT2D eigenvalue weighted by Gasteiger charge is 2.15. The zero-order chi connectivity index (χ0) is 20.4. The van der Waals surface area contributed by atoms with Gasteiger partial charge in [-0.05, 0) is 24.6 Å². The van der Waals surface area contributed by atoms with E-state index in [1.807, 2.05) is 35.6 Å². The van der Waals surface area contributed by atoms with E-state index in [0.717, 1.165) is 16.8 Å². The number of nitrogens with zero attached hydrogens (tertiary/aromatic N) is 4. The summed E-state index contributed by atoms with van der Waals surface area (Å²) in [5.41, 5.74) is 4.63. The van der Waals surface area contributed by atoms with Crippen molar-refractivity contribution >= 4 is 45.5 Å². The SMILES string of the molecule is Cc1cccc(Cl)c1Nc1cc2ncc3cncn3c2nc1NCC(CO)CO. The maximum Gasteiger partial charge on any atom is 0.166 e. The Labute approximate surface area is 172 Å². The van der Waals surface area contributed by atoms with Gasteiger partial charge >= 0.3 is 0 Å². The first-order valence-corrected chi connectivity index (χ1v) is 9.58. The Hall–Kier alpha value is -2.94. The number of benzene rings is 1. The van der Waals surface area contributed by atoms with Crippen LogP contribution in [-0.2, 0) is 0 Å². The summed E-state index contributed by atoms with van der Waals surface area (Å²) in [7, 11) is 0. The Kier molecular flexibility index (Phi) is 5.48. The third kappa shape index (κ3) is 3.82. The number of hydrogen-bond acceptors (Lipinski definition) is 7. The van der Waals surface area contributed by atoms with E-state index in [-0.39, 0.29) is 19.1 Å². The quantitative estimate of drug-likeness (QED) is 0.369. The highest BCUT2D eigenvalue weighted by atomic mass is 35.5. The lowest BCUT2D eigenvalue weighted by Gasteiger charge is -2.18. The normalized spacial score (nSPS) is 11.5. The molecule has 8 nitrogen and oxygen atoms in total. The number of aliphatic hydroxyl groups excluding tert-OH is 2. The van der Waals surface area contributed by atoms with Gasteiger partial charge in [0.1, 0.15) is 11.8 Å². The van der Waals surface area contributed by atoms with E-state index in [0.29, 0.717) is 34.2 Å². The number of nitrogens with one attached hydrogen (secondary N) is 2. The predicted molar refractivity (Wildman–Crippen MR) is 114 cm³/mol. The molecular weight excluding hydrogens is 392 g/mol. The molecule has 150 valence electrons. The molecule has 4 N–H and O–H groups in total. The van der Waals surface area contributed by atoms with Crippen molar-refractivity contribution in [3.05, 3.63) is 53.6 Å². The van der Waals surface area contributed by atoms with E-state index in [1.165, 1.54) is 0 Å². The lowest BCUT2D eigenvalue weighted by molar-refractivity contribution is 0.158. The van der Waals surface area contributed by atoms with Gasteiger partial charge in [0.15, 0.2) is 11.5 Å². The van der Waals surface area contributed by atoms with Gasteiger partial charge in [0, 0.05) is 25.7 Å². The number of fused-ring (bicyclic) bond motifs is 3. The fraction of sp³-hybridized carbons (Fsp3) is 0.250. The zero-order valence-electron chi connectivity index (χ0n) is 15.8. The van der Waals surface area contributed by atoms with Crippen LogP contribution in [0.3, 0.4) is 0 Å². The van der Waals surface area contributed by atoms with Crippen LogP contribution in [0.25, 0.3) is 16.7 Å². The maximum atomic E-state index is 9.39. The van der Waals surface area contributed by atoms with Crippen LogP contribution in [0.15, 0.2) is 43.0 Å². The molecule has 3 heterocycles. The van der Waals surface area contributed by atoms with E-state index >= 15 is 0 Å². The summed E-state index contributed by atoms with van der Waals surface area (Å²) in [5, 5.41) is 26.0. The van der Waals surface area contributed by atoms with Gasteiger partial charge in [0.25, 0.3) is 0 Å². The number of rotatable bonds is 7. The van der Waals surface area contributed by atoms with Crippen molar-refractivity contribution in [1.82, 2.24) is 19.4 Å². The maximum absolute atomic E-state index is 9.39. The molecule has 4 aromatic rings. The third-order valence-corrected chi connectivity index (χ3v) is 5.09. The van der Waals surface area contributed by atoms with Gasteiger partial charge in [-0.3, -0.25) is 9.38 Å². The lowest BCUT2D eigenvalue weighted by Crippen LogP contribution is -2.22. The Morgan fingerprint density at radius 3 is 2.79 bits per heavy atom. The second kappa shape index (κ2) is 8.20. The standard InChI is InChI=1S/C20H21ClN6O2/c1-12-3-2-4-15(21)18(12)25-16-5-17-20(27-11-22-7-14(27)8-23-17)26-19(16)24-6-13(9-28)10-29/h2-5,7-8,11,13,25,28-29H,6,9-10H2,1H3,(H,24,26). The predicted octanol–water partition coefficient (Wildman–Crippen LogP) is 3.00. The van der Waals surface area contributed by atoms with Gasteiger partial charge in [-0.25, -0.2) is 9.97 Å². The van der Waals surface area contributed by atoms with Crippen LogP contribution in [0.5, 0.6) is 0 Å². The van der Waals surface area contributed by atoms with E-state index < -0.39 is 0 Å². The number of pyridine rings is 1. The van der Waals surface area contributed by atoms with Crippen LogP contribution < -0.4 is 10.6 Å². The Balaban J connectivity index is 1.81. The second-order valence-electron chi connectivity index (χ2n) is 6.84. The van der Waals surface area contributed by atoms with Crippen LogP contribution in [0.1, 0.15) is 5.56 Å². The topological polar surface area (TPSA) is 108 Å². The van der Waals surface area contributed by atoms with E-state index in [9.17, 15) is 10.2 Å². The minimum Gasteiger partial charge on any atom is -0.396 e. The van der Waals surface area contributed by atoms with Crippen molar-refractivity contribution in [2.75, 3.05) is 30.4 Å². The average Bonchev–Trinajstić information content (AvgIpc) is 3.21. The molecule has 0 saturated carbocycles. The molecule has 0 fully saturated rings. The fourth-order valence-electron chi connectivity index (χ4n) is 3.06. The minimum absolute atomic E-state index is 0.128.